The van der Waals surface area contributed by atoms with Crippen LogP contribution in [0.25, 0.3) is 0 Å². The van der Waals surface area contributed by atoms with Crippen molar-refractivity contribution >= 4 is 11.7 Å². The van der Waals surface area contributed by atoms with Crippen molar-refractivity contribution in [2.24, 2.45) is 0 Å². The van der Waals surface area contributed by atoms with Gasteiger partial charge in [0, 0.05) is 19.1 Å². The van der Waals surface area contributed by atoms with Gasteiger partial charge in [0.05, 0.1) is 17.1 Å². The Hall–Kier alpha value is -2.63. The third kappa shape index (κ3) is 5.25. The van der Waals surface area contributed by atoms with Crippen LogP contribution in [0.5, 0.6) is 5.75 Å². The molecule has 0 heterocycles. The molecule has 0 aromatic heterocycles. The van der Waals surface area contributed by atoms with Crippen molar-refractivity contribution in [3.8, 4) is 17.6 Å². The molecule has 1 unspecified atom stereocenters. The van der Waals surface area contributed by atoms with Crippen LogP contribution in [0.2, 0.25) is 0 Å². The molecular formula is C15H17NO7. The second kappa shape index (κ2) is 8.73. The van der Waals surface area contributed by atoms with E-state index in [-0.39, 0.29) is 24.7 Å². The average Bonchev–Trinajstić information content (AvgIpc) is 2.51. The Morgan fingerprint density at radius 3 is 2.74 bits per heavy atom. The first kappa shape index (κ1) is 18.4. The minimum atomic E-state index is -1.54. The van der Waals surface area contributed by atoms with E-state index in [4.69, 9.17) is 9.47 Å². The second-order valence-electron chi connectivity index (χ2n) is 4.38. The Morgan fingerprint density at radius 2 is 2.17 bits per heavy atom. The summed E-state index contributed by atoms with van der Waals surface area (Å²) in [6.07, 6.45) is -1.54. The monoisotopic (exact) mass is 323 g/mol. The summed E-state index contributed by atoms with van der Waals surface area (Å²) in [7, 11) is 1.43. The lowest BCUT2D eigenvalue weighted by Gasteiger charge is -2.12. The highest BCUT2D eigenvalue weighted by Gasteiger charge is 2.22. The molecule has 124 valence electrons. The van der Waals surface area contributed by atoms with Crippen LogP contribution in [0.1, 0.15) is 24.2 Å². The molecule has 0 spiro atoms. The minimum absolute atomic E-state index is 0.0529. The fraction of sp³-hybridized carbons (Fsp3) is 0.400. The highest BCUT2D eigenvalue weighted by Crippen LogP contribution is 2.32. The molecule has 0 bridgehead atoms. The standard InChI is InChI=1S/C15H17NO7/c1-4-22-15(18)6-5-13(17)11-8-14(23-9-21-3)10(2)7-12(11)16(19)20/h7-8,13,17H,4,9H2,1-3H3. The van der Waals surface area contributed by atoms with E-state index in [9.17, 15) is 20.0 Å². The van der Waals surface area contributed by atoms with Crippen molar-refractivity contribution in [3.63, 3.8) is 0 Å². The molecule has 0 fully saturated rings. The highest BCUT2D eigenvalue weighted by atomic mass is 16.7. The van der Waals surface area contributed by atoms with E-state index < -0.39 is 17.0 Å². The first-order valence-electron chi connectivity index (χ1n) is 6.67. The number of ether oxygens (including phenoxy) is 3. The van der Waals surface area contributed by atoms with Gasteiger partial charge >= 0.3 is 5.97 Å². The van der Waals surface area contributed by atoms with Gasteiger partial charge < -0.3 is 19.3 Å². The van der Waals surface area contributed by atoms with Gasteiger partial charge in [0.2, 0.25) is 0 Å². The Balaban J connectivity index is 3.19. The quantitative estimate of drug-likeness (QED) is 0.211. The lowest BCUT2D eigenvalue weighted by Crippen LogP contribution is -2.06. The van der Waals surface area contributed by atoms with Crippen LogP contribution >= 0.6 is 0 Å². The van der Waals surface area contributed by atoms with Gasteiger partial charge in [-0.15, -0.1) is 0 Å². The molecule has 0 aliphatic heterocycles. The number of benzene rings is 1. The van der Waals surface area contributed by atoms with Gasteiger partial charge in [0.15, 0.2) is 6.79 Å². The maximum Gasteiger partial charge on any atom is 0.384 e. The molecule has 8 heteroatoms. The van der Waals surface area contributed by atoms with E-state index in [1.807, 2.05) is 0 Å². The number of carbonyl (C=O) groups is 1. The lowest BCUT2D eigenvalue weighted by molar-refractivity contribution is -0.386. The van der Waals surface area contributed by atoms with Gasteiger partial charge in [0.1, 0.15) is 11.9 Å². The predicted octanol–water partition coefficient (Wildman–Crippen LogP) is 1.49. The number of esters is 1. The number of aliphatic hydroxyl groups is 1. The van der Waals surface area contributed by atoms with Gasteiger partial charge in [-0.05, 0) is 25.5 Å². The molecule has 0 radical (unpaired) electrons. The van der Waals surface area contributed by atoms with Gasteiger partial charge in [0.25, 0.3) is 5.69 Å². The van der Waals surface area contributed by atoms with Crippen molar-refractivity contribution in [2.75, 3.05) is 20.5 Å². The van der Waals surface area contributed by atoms with Crippen LogP contribution in [-0.2, 0) is 14.3 Å². The van der Waals surface area contributed by atoms with E-state index >= 15 is 0 Å². The summed E-state index contributed by atoms with van der Waals surface area (Å²) in [6.45, 7) is 3.32. The molecule has 1 aromatic rings. The normalized spacial score (nSPS) is 11.1. The van der Waals surface area contributed by atoms with Crippen molar-refractivity contribution in [1.82, 2.24) is 0 Å². The first-order chi connectivity index (χ1) is 10.9. The molecule has 0 saturated carbocycles. The second-order valence-corrected chi connectivity index (χ2v) is 4.38. The molecule has 23 heavy (non-hydrogen) atoms. The number of aliphatic hydroxyl groups excluding tert-OH is 1. The maximum atomic E-state index is 11.2. The molecule has 0 aliphatic carbocycles. The number of aryl methyl sites for hydroxylation is 1. The molecule has 1 atom stereocenters. The number of carbonyl (C=O) groups excluding carboxylic acids is 1. The zero-order valence-corrected chi connectivity index (χ0v) is 13.0. The largest absolute Gasteiger partial charge is 0.467 e. The van der Waals surface area contributed by atoms with Crippen LogP contribution in [-0.4, -0.2) is 36.5 Å². The number of methoxy groups -OCH3 is 1. The molecule has 0 saturated heterocycles. The Kier molecular flexibility index (Phi) is 6.99. The number of nitro benzene ring substituents is 1. The van der Waals surface area contributed by atoms with E-state index in [0.29, 0.717) is 11.3 Å². The zero-order chi connectivity index (χ0) is 17.4. The third-order valence-electron chi connectivity index (χ3n) is 2.73. The summed E-state index contributed by atoms with van der Waals surface area (Å²) < 4.78 is 14.7. The lowest BCUT2D eigenvalue weighted by atomic mass is 10.0. The van der Waals surface area contributed by atoms with Crippen LogP contribution in [0.3, 0.4) is 0 Å². The Labute approximate surface area is 133 Å². The number of nitro groups is 1. The third-order valence-corrected chi connectivity index (χ3v) is 2.73. The van der Waals surface area contributed by atoms with Crippen LogP contribution < -0.4 is 4.74 Å². The zero-order valence-electron chi connectivity index (χ0n) is 13.0. The minimum Gasteiger partial charge on any atom is -0.467 e. The number of hydrogen-bond donors (Lipinski definition) is 1. The van der Waals surface area contributed by atoms with E-state index in [0.717, 1.165) is 0 Å². The van der Waals surface area contributed by atoms with Crippen molar-refractivity contribution in [1.29, 1.82) is 0 Å². The number of rotatable bonds is 6. The van der Waals surface area contributed by atoms with E-state index in [1.54, 1.807) is 13.8 Å². The first-order valence-corrected chi connectivity index (χ1v) is 6.67. The van der Waals surface area contributed by atoms with E-state index in [1.165, 1.54) is 19.2 Å². The summed E-state index contributed by atoms with van der Waals surface area (Å²) >= 11 is 0. The highest BCUT2D eigenvalue weighted by molar-refractivity contribution is 5.88. The summed E-state index contributed by atoms with van der Waals surface area (Å²) in [5.41, 5.74) is 0.101. The van der Waals surface area contributed by atoms with E-state index in [2.05, 4.69) is 16.6 Å². The van der Waals surface area contributed by atoms with Gasteiger partial charge in [-0.3, -0.25) is 10.1 Å². The predicted molar refractivity (Wildman–Crippen MR) is 79.7 cm³/mol. The summed E-state index contributed by atoms with van der Waals surface area (Å²) in [5, 5.41) is 21.2. The van der Waals surface area contributed by atoms with Gasteiger partial charge in [-0.1, -0.05) is 5.92 Å². The average molecular weight is 323 g/mol. The SMILES string of the molecule is CCOC(=O)C#CC(O)c1cc(OCOC)c(C)cc1[N+](=O)[O-]. The molecule has 0 amide bonds. The van der Waals surface area contributed by atoms with Gasteiger partial charge in [-0.25, -0.2) is 4.79 Å². The molecule has 0 aliphatic rings. The molecule has 1 rings (SSSR count). The maximum absolute atomic E-state index is 11.2. The number of hydrogen-bond acceptors (Lipinski definition) is 7. The topological polar surface area (TPSA) is 108 Å². The van der Waals surface area contributed by atoms with Crippen molar-refractivity contribution in [2.45, 2.75) is 20.0 Å². The van der Waals surface area contributed by atoms with Crippen molar-refractivity contribution in [3.05, 3.63) is 33.4 Å². The van der Waals surface area contributed by atoms with Crippen LogP contribution in [0.4, 0.5) is 5.69 Å². The van der Waals surface area contributed by atoms with Crippen LogP contribution in [0.15, 0.2) is 12.1 Å². The summed E-state index contributed by atoms with van der Waals surface area (Å²) in [5.74, 6) is 3.78. The smallest absolute Gasteiger partial charge is 0.384 e. The summed E-state index contributed by atoms with van der Waals surface area (Å²) in [6, 6.07) is 2.56. The fourth-order valence-corrected chi connectivity index (χ4v) is 1.72. The molecule has 1 aromatic carbocycles. The van der Waals surface area contributed by atoms with Gasteiger partial charge in [-0.2, -0.15) is 0 Å². The molecule has 1 N–H and O–H groups in total. The summed E-state index contributed by atoms with van der Waals surface area (Å²) in [4.78, 5) is 21.7. The molecule has 8 nitrogen and oxygen atoms in total. The number of nitrogens with zero attached hydrogens (tertiary/aromatic N) is 1. The van der Waals surface area contributed by atoms with Crippen LogP contribution in [0, 0.1) is 28.9 Å². The fourth-order valence-electron chi connectivity index (χ4n) is 1.72. The Bertz CT molecular complexity index is 645. The Morgan fingerprint density at radius 1 is 1.48 bits per heavy atom. The molecular weight excluding hydrogens is 306 g/mol. The van der Waals surface area contributed by atoms with Crippen molar-refractivity contribution < 1.29 is 29.0 Å².